The second-order valence-electron chi connectivity index (χ2n) is 6.64. The summed E-state index contributed by atoms with van der Waals surface area (Å²) in [5.41, 5.74) is 0.595. The van der Waals surface area contributed by atoms with E-state index < -0.39 is 28.0 Å². The van der Waals surface area contributed by atoms with Gasteiger partial charge in [-0.2, -0.15) is 0 Å². The third kappa shape index (κ3) is 5.65. The fourth-order valence-corrected chi connectivity index (χ4v) is 3.84. The molecule has 0 saturated heterocycles. The van der Waals surface area contributed by atoms with Crippen molar-refractivity contribution in [2.24, 2.45) is 0 Å². The Morgan fingerprint density at radius 3 is 2.33 bits per heavy atom. The Morgan fingerprint density at radius 2 is 1.60 bits per heavy atom. The van der Waals surface area contributed by atoms with Gasteiger partial charge >= 0.3 is 5.97 Å². The van der Waals surface area contributed by atoms with Crippen LogP contribution in [0.15, 0.2) is 77.7 Å². The molecule has 3 aromatic carbocycles. The number of fused-ring (bicyclic) bond motifs is 1. The van der Waals surface area contributed by atoms with Crippen molar-refractivity contribution in [3.63, 3.8) is 0 Å². The topological polar surface area (TPSA) is 102 Å². The number of amides is 1. The van der Waals surface area contributed by atoms with Crippen molar-refractivity contribution in [3.8, 4) is 0 Å². The molecule has 0 aliphatic carbocycles. The Balaban J connectivity index is 1.48. The number of nitrogens with one attached hydrogen (secondary N) is 2. The molecule has 0 radical (unpaired) electrons. The van der Waals surface area contributed by atoms with Gasteiger partial charge in [-0.25, -0.2) is 13.1 Å². The van der Waals surface area contributed by atoms with Crippen LogP contribution in [-0.2, 0) is 24.3 Å². The van der Waals surface area contributed by atoms with Crippen molar-refractivity contribution in [3.05, 3.63) is 72.8 Å². The Bertz CT molecular complexity index is 1150. The molecule has 0 aromatic heterocycles. The van der Waals surface area contributed by atoms with E-state index in [1.807, 2.05) is 36.4 Å². The van der Waals surface area contributed by atoms with Crippen LogP contribution in [0.3, 0.4) is 0 Å². The first-order valence-electron chi connectivity index (χ1n) is 9.39. The molecule has 0 saturated carbocycles. The number of anilines is 1. The van der Waals surface area contributed by atoms with Crippen molar-refractivity contribution in [2.45, 2.75) is 24.3 Å². The van der Waals surface area contributed by atoms with E-state index in [0.29, 0.717) is 5.69 Å². The third-order valence-corrected chi connectivity index (χ3v) is 5.85. The fraction of sp³-hybridized carbons (Fsp3) is 0.182. The summed E-state index contributed by atoms with van der Waals surface area (Å²) in [6.45, 7) is 1.33. The molecule has 0 spiro atoms. The Kier molecular flexibility index (Phi) is 6.81. The van der Waals surface area contributed by atoms with Crippen LogP contribution in [0.25, 0.3) is 10.8 Å². The standard InChI is InChI=1S/C22H22N2O5S/c1-16(22(26)24-19-12-11-17-7-5-6-8-18(17)15-19)29-21(25)13-14-23-30(27,28)20-9-3-2-4-10-20/h2-12,15-16,23H,13-14H2,1H3,(H,24,26). The molecule has 1 atom stereocenters. The molecule has 0 fully saturated rings. The monoisotopic (exact) mass is 426 g/mol. The van der Waals surface area contributed by atoms with Gasteiger partial charge in [-0.15, -0.1) is 0 Å². The zero-order valence-corrected chi connectivity index (χ0v) is 17.2. The van der Waals surface area contributed by atoms with Crippen LogP contribution >= 0.6 is 0 Å². The van der Waals surface area contributed by atoms with Crippen molar-refractivity contribution < 1.29 is 22.7 Å². The molecule has 1 amide bonds. The summed E-state index contributed by atoms with van der Waals surface area (Å²) in [4.78, 5) is 24.4. The molecule has 156 valence electrons. The number of rotatable bonds is 8. The van der Waals surface area contributed by atoms with Gasteiger partial charge in [0.05, 0.1) is 11.3 Å². The highest BCUT2D eigenvalue weighted by Crippen LogP contribution is 2.19. The lowest BCUT2D eigenvalue weighted by Crippen LogP contribution is -2.32. The average molecular weight is 426 g/mol. The molecule has 3 rings (SSSR count). The molecule has 7 nitrogen and oxygen atoms in total. The second kappa shape index (κ2) is 9.51. The first kappa shape index (κ1) is 21.5. The molecule has 1 unspecified atom stereocenters. The molecule has 0 aliphatic heterocycles. The molecule has 3 aromatic rings. The highest BCUT2D eigenvalue weighted by Gasteiger charge is 2.19. The van der Waals surface area contributed by atoms with Gasteiger partial charge in [0.1, 0.15) is 0 Å². The Labute approximate surface area is 175 Å². The maximum absolute atomic E-state index is 12.3. The van der Waals surface area contributed by atoms with Crippen molar-refractivity contribution >= 4 is 38.4 Å². The van der Waals surface area contributed by atoms with Crippen molar-refractivity contribution in [2.75, 3.05) is 11.9 Å². The third-order valence-electron chi connectivity index (χ3n) is 4.37. The lowest BCUT2D eigenvalue weighted by Gasteiger charge is -2.14. The van der Waals surface area contributed by atoms with E-state index in [4.69, 9.17) is 4.74 Å². The first-order chi connectivity index (χ1) is 14.3. The number of ether oxygens (including phenoxy) is 1. The van der Waals surface area contributed by atoms with E-state index in [2.05, 4.69) is 10.0 Å². The first-order valence-corrected chi connectivity index (χ1v) is 10.9. The van der Waals surface area contributed by atoms with Crippen LogP contribution in [0.2, 0.25) is 0 Å². The van der Waals surface area contributed by atoms with Crippen LogP contribution < -0.4 is 10.0 Å². The molecule has 2 N–H and O–H groups in total. The van der Waals surface area contributed by atoms with Gasteiger partial charge in [-0.1, -0.05) is 48.5 Å². The quantitative estimate of drug-likeness (QED) is 0.539. The van der Waals surface area contributed by atoms with Crippen LogP contribution in [0.1, 0.15) is 13.3 Å². The SMILES string of the molecule is CC(OC(=O)CCNS(=O)(=O)c1ccccc1)C(=O)Nc1ccc2ccccc2c1. The van der Waals surface area contributed by atoms with Crippen LogP contribution in [-0.4, -0.2) is 32.9 Å². The van der Waals surface area contributed by atoms with E-state index in [9.17, 15) is 18.0 Å². The Hall–Kier alpha value is -3.23. The summed E-state index contributed by atoms with van der Waals surface area (Å²) < 4.78 is 31.7. The molecule has 0 heterocycles. The fourth-order valence-electron chi connectivity index (χ4n) is 2.79. The number of benzene rings is 3. The van der Waals surface area contributed by atoms with Gasteiger partial charge in [0.2, 0.25) is 10.0 Å². The van der Waals surface area contributed by atoms with Gasteiger partial charge < -0.3 is 10.1 Å². The molecule has 0 aliphatic rings. The summed E-state index contributed by atoms with van der Waals surface area (Å²) in [6.07, 6.45) is -1.21. The number of hydrogen-bond acceptors (Lipinski definition) is 5. The van der Waals surface area contributed by atoms with Crippen molar-refractivity contribution in [1.29, 1.82) is 0 Å². The number of esters is 1. The van der Waals surface area contributed by atoms with Gasteiger partial charge in [-0.05, 0) is 42.0 Å². The molecule has 30 heavy (non-hydrogen) atoms. The highest BCUT2D eigenvalue weighted by atomic mass is 32.2. The molecule has 0 bridgehead atoms. The summed E-state index contributed by atoms with van der Waals surface area (Å²) in [7, 11) is -3.70. The average Bonchev–Trinajstić information content (AvgIpc) is 2.74. The summed E-state index contributed by atoms with van der Waals surface area (Å²) in [5, 5.41) is 4.74. The largest absolute Gasteiger partial charge is 0.452 e. The van der Waals surface area contributed by atoms with E-state index >= 15 is 0 Å². The lowest BCUT2D eigenvalue weighted by molar-refractivity contribution is -0.152. The zero-order valence-electron chi connectivity index (χ0n) is 16.4. The van der Waals surface area contributed by atoms with Crippen LogP contribution in [0.4, 0.5) is 5.69 Å². The van der Waals surface area contributed by atoms with Gasteiger partial charge in [0, 0.05) is 12.2 Å². The normalized spacial score (nSPS) is 12.3. The smallest absolute Gasteiger partial charge is 0.307 e. The summed E-state index contributed by atoms with van der Waals surface area (Å²) >= 11 is 0. The minimum atomic E-state index is -3.70. The van der Waals surface area contributed by atoms with Crippen molar-refractivity contribution in [1.82, 2.24) is 4.72 Å². The number of carbonyl (C=O) groups is 2. The van der Waals surface area contributed by atoms with Gasteiger partial charge in [0.25, 0.3) is 5.91 Å². The van der Waals surface area contributed by atoms with Crippen LogP contribution in [0.5, 0.6) is 0 Å². The second-order valence-corrected chi connectivity index (χ2v) is 8.41. The van der Waals surface area contributed by atoms with Gasteiger partial charge in [-0.3, -0.25) is 9.59 Å². The predicted molar refractivity (Wildman–Crippen MR) is 114 cm³/mol. The molecular formula is C22H22N2O5S. The summed E-state index contributed by atoms with van der Waals surface area (Å²) in [6, 6.07) is 21.1. The number of carbonyl (C=O) groups excluding carboxylic acids is 2. The molecular weight excluding hydrogens is 404 g/mol. The van der Waals surface area contributed by atoms with E-state index in [-0.39, 0.29) is 17.9 Å². The van der Waals surface area contributed by atoms with E-state index in [1.54, 1.807) is 24.3 Å². The van der Waals surface area contributed by atoms with Gasteiger partial charge in [0.15, 0.2) is 6.10 Å². The molecule has 8 heteroatoms. The highest BCUT2D eigenvalue weighted by molar-refractivity contribution is 7.89. The minimum Gasteiger partial charge on any atom is -0.452 e. The lowest BCUT2D eigenvalue weighted by atomic mass is 10.1. The number of sulfonamides is 1. The van der Waals surface area contributed by atoms with E-state index in [0.717, 1.165) is 10.8 Å². The predicted octanol–water partition coefficient (Wildman–Crippen LogP) is 3.08. The Morgan fingerprint density at radius 1 is 0.933 bits per heavy atom. The van der Waals surface area contributed by atoms with E-state index in [1.165, 1.54) is 19.1 Å². The summed E-state index contributed by atoms with van der Waals surface area (Å²) in [5.74, 6) is -1.14. The minimum absolute atomic E-state index is 0.112. The van der Waals surface area contributed by atoms with Crippen LogP contribution in [0, 0.1) is 0 Å². The maximum Gasteiger partial charge on any atom is 0.307 e. The zero-order chi connectivity index (χ0) is 21.6. The maximum atomic E-state index is 12.3. The number of hydrogen-bond donors (Lipinski definition) is 2.